The average Bonchev–Trinajstić information content (AvgIpc) is 2.34. The molecule has 2 N–H and O–H groups in total. The van der Waals surface area contributed by atoms with Crippen LogP contribution in [0.15, 0.2) is 11.3 Å². The van der Waals surface area contributed by atoms with E-state index in [0.29, 0.717) is 11.4 Å². The third-order valence-corrected chi connectivity index (χ3v) is 4.15. The van der Waals surface area contributed by atoms with Gasteiger partial charge in [0.2, 0.25) is 5.91 Å². The summed E-state index contributed by atoms with van der Waals surface area (Å²) in [6.07, 6.45) is 0. The van der Waals surface area contributed by atoms with E-state index in [1.54, 1.807) is 11.8 Å². The highest BCUT2D eigenvalue weighted by atomic mass is 32.2. The minimum atomic E-state index is -0.532. The highest BCUT2D eigenvalue weighted by molar-refractivity contribution is 8.00. The van der Waals surface area contributed by atoms with Crippen molar-refractivity contribution in [2.75, 3.05) is 19.7 Å². The van der Waals surface area contributed by atoms with E-state index in [4.69, 9.17) is 10.5 Å². The topological polar surface area (TPSA) is 81.9 Å². The van der Waals surface area contributed by atoms with Gasteiger partial charge in [0, 0.05) is 12.9 Å². The molecule has 1 saturated heterocycles. The lowest BCUT2D eigenvalue weighted by Gasteiger charge is -2.48. The summed E-state index contributed by atoms with van der Waals surface area (Å²) in [5, 5.41) is -0.142. The summed E-state index contributed by atoms with van der Waals surface area (Å²) in [6, 6.07) is -0.515. The summed E-state index contributed by atoms with van der Waals surface area (Å²) in [6.45, 7) is 1.69. The fourth-order valence-corrected chi connectivity index (χ4v) is 3.08. The maximum atomic E-state index is 11.8. The van der Waals surface area contributed by atoms with Crippen molar-refractivity contribution in [3.05, 3.63) is 11.3 Å². The number of esters is 1. The zero-order chi connectivity index (χ0) is 12.6. The largest absolute Gasteiger partial charge is 0.434 e. The van der Waals surface area contributed by atoms with Gasteiger partial charge in [-0.05, 0) is 12.5 Å². The maximum absolute atomic E-state index is 11.8. The van der Waals surface area contributed by atoms with Gasteiger partial charge in [-0.15, -0.1) is 11.8 Å². The highest BCUT2D eigenvalue weighted by Gasteiger charge is 2.51. The summed E-state index contributed by atoms with van der Waals surface area (Å²) in [4.78, 5) is 24.9. The number of carbonyl (C=O) groups is 2. The lowest BCUT2D eigenvalue weighted by Crippen LogP contribution is -2.68. The molecular weight excluding hydrogens is 244 g/mol. The van der Waals surface area contributed by atoms with Crippen LogP contribution in [0.2, 0.25) is 0 Å². The lowest BCUT2D eigenvalue weighted by atomic mass is 10.0. The number of nitrogens with two attached hydrogens (primary N) is 1. The number of fused-ring (bicyclic) bond motifs is 1. The average molecular weight is 258 g/mol. The van der Waals surface area contributed by atoms with E-state index < -0.39 is 12.0 Å². The standard InChI is InChI=1S/C10H14N2O4S/c1-5-3-17-9-6(11)8(13)12(9)7(5)10(14)16-4-15-2/h6,9H,3-4,11H2,1-2H3/t6?,9-/m1/s1. The second-order valence-corrected chi connectivity index (χ2v) is 5.01. The molecule has 0 bridgehead atoms. The molecule has 2 aliphatic heterocycles. The highest BCUT2D eigenvalue weighted by Crippen LogP contribution is 2.39. The van der Waals surface area contributed by atoms with Crippen molar-refractivity contribution < 1.29 is 19.1 Å². The lowest BCUT2D eigenvalue weighted by molar-refractivity contribution is -0.157. The van der Waals surface area contributed by atoms with Gasteiger partial charge in [0.25, 0.3) is 0 Å². The smallest absolute Gasteiger partial charge is 0.357 e. The molecule has 1 unspecified atom stereocenters. The molecule has 0 radical (unpaired) electrons. The van der Waals surface area contributed by atoms with Crippen molar-refractivity contribution >= 4 is 23.6 Å². The van der Waals surface area contributed by atoms with E-state index in [1.165, 1.54) is 12.0 Å². The molecule has 0 aromatic carbocycles. The van der Waals surface area contributed by atoms with E-state index in [0.717, 1.165) is 5.57 Å². The Bertz CT molecular complexity index is 396. The van der Waals surface area contributed by atoms with Crippen LogP contribution in [0.1, 0.15) is 6.92 Å². The first-order valence-corrected chi connectivity index (χ1v) is 6.19. The first kappa shape index (κ1) is 12.4. The predicted octanol–water partition coefficient (Wildman–Crippen LogP) is -0.350. The van der Waals surface area contributed by atoms with Gasteiger partial charge in [-0.1, -0.05) is 0 Å². The molecule has 0 spiro atoms. The maximum Gasteiger partial charge on any atom is 0.357 e. The molecule has 0 aliphatic carbocycles. The Morgan fingerprint density at radius 1 is 1.65 bits per heavy atom. The van der Waals surface area contributed by atoms with Crippen LogP contribution < -0.4 is 5.73 Å². The van der Waals surface area contributed by atoms with Crippen LogP contribution >= 0.6 is 11.8 Å². The number of ether oxygens (including phenoxy) is 2. The van der Waals surface area contributed by atoms with Gasteiger partial charge >= 0.3 is 5.97 Å². The quantitative estimate of drug-likeness (QED) is 0.423. The molecule has 94 valence electrons. The molecular formula is C10H14N2O4S. The molecule has 6 nitrogen and oxygen atoms in total. The summed E-state index contributed by atoms with van der Waals surface area (Å²) in [7, 11) is 1.43. The Hall–Kier alpha value is -1.05. The van der Waals surface area contributed by atoms with Crippen LogP contribution in [-0.4, -0.2) is 47.8 Å². The number of β-lactam (4-membered cyclic amide) rings is 1. The third-order valence-electron chi connectivity index (χ3n) is 2.70. The molecule has 17 heavy (non-hydrogen) atoms. The molecule has 1 fully saturated rings. The SMILES string of the molecule is COCOC(=O)C1=C(C)CS[C@@H]2C(N)C(=O)N12. The fourth-order valence-electron chi connectivity index (χ4n) is 1.84. The summed E-state index contributed by atoms with van der Waals surface area (Å²) in [5.41, 5.74) is 6.82. The van der Waals surface area contributed by atoms with Crippen molar-refractivity contribution in [2.45, 2.75) is 18.3 Å². The van der Waals surface area contributed by atoms with Crippen molar-refractivity contribution in [3.8, 4) is 0 Å². The van der Waals surface area contributed by atoms with Gasteiger partial charge in [0.05, 0.1) is 0 Å². The number of hydrogen-bond donors (Lipinski definition) is 1. The van der Waals surface area contributed by atoms with Gasteiger partial charge in [-0.2, -0.15) is 0 Å². The normalized spacial score (nSPS) is 27.7. The van der Waals surface area contributed by atoms with Crippen molar-refractivity contribution in [2.24, 2.45) is 5.73 Å². The van der Waals surface area contributed by atoms with Crippen LogP contribution in [0.3, 0.4) is 0 Å². The number of thioether (sulfide) groups is 1. The minimum Gasteiger partial charge on any atom is -0.434 e. The number of rotatable bonds is 3. The van der Waals surface area contributed by atoms with E-state index in [-0.39, 0.29) is 18.1 Å². The monoisotopic (exact) mass is 258 g/mol. The molecule has 0 aromatic heterocycles. The minimum absolute atomic E-state index is 0.124. The number of amides is 1. The number of carbonyl (C=O) groups excluding carboxylic acids is 2. The first-order chi connectivity index (χ1) is 8.07. The van der Waals surface area contributed by atoms with Crippen LogP contribution in [0.4, 0.5) is 0 Å². The third kappa shape index (κ3) is 1.94. The summed E-state index contributed by atoms with van der Waals surface area (Å²) in [5.74, 6) is -0.0830. The molecule has 1 amide bonds. The predicted molar refractivity (Wildman–Crippen MR) is 61.7 cm³/mol. The Balaban J connectivity index is 2.18. The van der Waals surface area contributed by atoms with Crippen molar-refractivity contribution in [3.63, 3.8) is 0 Å². The Morgan fingerprint density at radius 3 is 3.00 bits per heavy atom. The fraction of sp³-hybridized carbons (Fsp3) is 0.600. The number of methoxy groups -OCH3 is 1. The van der Waals surface area contributed by atoms with Gasteiger partial charge in [-0.25, -0.2) is 4.79 Å². The second-order valence-electron chi connectivity index (χ2n) is 3.90. The van der Waals surface area contributed by atoms with Crippen LogP contribution in [-0.2, 0) is 19.1 Å². The summed E-state index contributed by atoms with van der Waals surface area (Å²) >= 11 is 1.56. The Kier molecular flexibility index (Phi) is 3.41. The van der Waals surface area contributed by atoms with E-state index >= 15 is 0 Å². The van der Waals surface area contributed by atoms with Crippen LogP contribution in [0, 0.1) is 0 Å². The van der Waals surface area contributed by atoms with Crippen LogP contribution in [0.25, 0.3) is 0 Å². The van der Waals surface area contributed by atoms with E-state index in [2.05, 4.69) is 4.74 Å². The number of nitrogens with zero attached hydrogens (tertiary/aromatic N) is 1. The van der Waals surface area contributed by atoms with Gasteiger partial charge in [0.1, 0.15) is 17.1 Å². The zero-order valence-electron chi connectivity index (χ0n) is 9.63. The Labute approximate surface area is 103 Å². The molecule has 2 aliphatic rings. The van der Waals surface area contributed by atoms with E-state index in [9.17, 15) is 9.59 Å². The van der Waals surface area contributed by atoms with Crippen LogP contribution in [0.5, 0.6) is 0 Å². The molecule has 2 heterocycles. The number of hydrogen-bond acceptors (Lipinski definition) is 6. The van der Waals surface area contributed by atoms with Crippen molar-refractivity contribution in [1.29, 1.82) is 0 Å². The first-order valence-electron chi connectivity index (χ1n) is 5.14. The molecule has 2 atom stereocenters. The molecule has 2 rings (SSSR count). The van der Waals surface area contributed by atoms with Gasteiger partial charge < -0.3 is 15.2 Å². The molecule has 0 aromatic rings. The molecule has 0 saturated carbocycles. The zero-order valence-corrected chi connectivity index (χ0v) is 10.5. The van der Waals surface area contributed by atoms with Crippen molar-refractivity contribution in [1.82, 2.24) is 4.90 Å². The van der Waals surface area contributed by atoms with Gasteiger partial charge in [0.15, 0.2) is 6.79 Å². The Morgan fingerprint density at radius 2 is 2.35 bits per heavy atom. The summed E-state index contributed by atoms with van der Waals surface area (Å²) < 4.78 is 9.54. The van der Waals surface area contributed by atoms with Gasteiger partial charge in [-0.3, -0.25) is 9.69 Å². The molecule has 7 heteroatoms. The second kappa shape index (κ2) is 4.67. The van der Waals surface area contributed by atoms with E-state index in [1.807, 2.05) is 6.92 Å².